The predicted molar refractivity (Wildman–Crippen MR) is 73.0 cm³/mol. The van der Waals surface area contributed by atoms with Gasteiger partial charge in [-0.15, -0.1) is 5.11 Å². The van der Waals surface area contributed by atoms with Gasteiger partial charge in [-0.25, -0.2) is 4.68 Å². The minimum atomic E-state index is 0.860. The Labute approximate surface area is 105 Å². The molecule has 0 saturated heterocycles. The van der Waals surface area contributed by atoms with E-state index in [9.17, 15) is 0 Å². The third kappa shape index (κ3) is 2.02. The fourth-order valence-corrected chi connectivity index (χ4v) is 1.86. The van der Waals surface area contributed by atoms with Crippen LogP contribution in [0, 0.1) is 6.92 Å². The zero-order chi connectivity index (χ0) is 12.4. The van der Waals surface area contributed by atoms with E-state index in [1.165, 1.54) is 10.9 Å². The smallest absolute Gasteiger partial charge is 0.0874 e. The second kappa shape index (κ2) is 4.45. The number of nitrogens with zero attached hydrogens (tertiary/aromatic N) is 3. The monoisotopic (exact) mass is 235 g/mol. The number of hydrogen-bond donors (Lipinski definition) is 0. The highest BCUT2D eigenvalue weighted by molar-refractivity contribution is 5.79. The summed E-state index contributed by atoms with van der Waals surface area (Å²) in [6, 6.07) is 18.1. The molecule has 3 aromatic rings. The largest absolute Gasteiger partial charge is 0.222 e. The Hall–Kier alpha value is -2.42. The van der Waals surface area contributed by atoms with Crippen molar-refractivity contribution in [1.29, 1.82) is 0 Å². The van der Waals surface area contributed by atoms with Gasteiger partial charge in [0, 0.05) is 11.6 Å². The summed E-state index contributed by atoms with van der Waals surface area (Å²) < 4.78 is 1.79. The molecule has 3 heteroatoms. The molecule has 3 rings (SSSR count). The fourth-order valence-electron chi connectivity index (χ4n) is 1.86. The third-order valence-corrected chi connectivity index (χ3v) is 2.87. The van der Waals surface area contributed by atoms with Gasteiger partial charge in [-0.1, -0.05) is 41.1 Å². The second-order valence-electron chi connectivity index (χ2n) is 4.24. The Balaban J connectivity index is 1.94. The molecule has 88 valence electrons. The average Bonchev–Trinajstić information content (AvgIpc) is 2.82. The van der Waals surface area contributed by atoms with E-state index in [0.29, 0.717) is 0 Å². The first-order valence-electron chi connectivity index (χ1n) is 5.88. The van der Waals surface area contributed by atoms with E-state index in [-0.39, 0.29) is 0 Å². The van der Waals surface area contributed by atoms with Gasteiger partial charge in [-0.05, 0) is 31.2 Å². The van der Waals surface area contributed by atoms with Gasteiger partial charge in [0.1, 0.15) is 0 Å². The summed E-state index contributed by atoms with van der Waals surface area (Å²) in [6.45, 7) is 2.06. The lowest BCUT2D eigenvalue weighted by molar-refractivity contribution is 0.841. The molecule has 2 aromatic carbocycles. The summed E-state index contributed by atoms with van der Waals surface area (Å²) >= 11 is 0. The predicted octanol–water partition coefficient (Wildman–Crippen LogP) is 4.50. The molecule has 0 aliphatic carbocycles. The highest BCUT2D eigenvalue weighted by Crippen LogP contribution is 2.17. The van der Waals surface area contributed by atoms with Gasteiger partial charge in [-0.3, -0.25) is 0 Å². The molecular weight excluding hydrogens is 222 g/mol. The van der Waals surface area contributed by atoms with Crippen LogP contribution >= 0.6 is 0 Å². The second-order valence-corrected chi connectivity index (χ2v) is 4.24. The molecule has 0 atom stereocenters. The Morgan fingerprint density at radius 2 is 1.67 bits per heavy atom. The van der Waals surface area contributed by atoms with Crippen LogP contribution in [-0.4, -0.2) is 4.68 Å². The Morgan fingerprint density at radius 3 is 2.50 bits per heavy atom. The molecule has 0 amide bonds. The van der Waals surface area contributed by atoms with Crippen LogP contribution in [0.25, 0.3) is 10.9 Å². The van der Waals surface area contributed by atoms with E-state index in [1.807, 2.05) is 54.7 Å². The third-order valence-electron chi connectivity index (χ3n) is 2.87. The first kappa shape index (κ1) is 10.7. The quantitative estimate of drug-likeness (QED) is 0.585. The first-order valence-corrected chi connectivity index (χ1v) is 5.88. The zero-order valence-electron chi connectivity index (χ0n) is 10.1. The van der Waals surface area contributed by atoms with E-state index in [1.54, 1.807) is 4.68 Å². The van der Waals surface area contributed by atoms with Crippen molar-refractivity contribution in [2.45, 2.75) is 6.92 Å². The van der Waals surface area contributed by atoms with Crippen LogP contribution in [-0.2, 0) is 0 Å². The standard InChI is InChI=1S/C15H13N3/c1-12-6-8-14(9-7-12)16-17-18-11-10-13-4-2-3-5-15(13)18/h2-11H,1H3. The average molecular weight is 235 g/mol. The summed E-state index contributed by atoms with van der Waals surface area (Å²) in [5.41, 5.74) is 3.15. The lowest BCUT2D eigenvalue weighted by Gasteiger charge is -1.96. The van der Waals surface area contributed by atoms with Gasteiger partial charge in [-0.2, -0.15) is 0 Å². The van der Waals surface area contributed by atoms with E-state index < -0.39 is 0 Å². The van der Waals surface area contributed by atoms with E-state index in [0.717, 1.165) is 11.2 Å². The molecule has 0 bridgehead atoms. The first-order chi connectivity index (χ1) is 8.83. The van der Waals surface area contributed by atoms with Crippen molar-refractivity contribution in [1.82, 2.24) is 4.68 Å². The SMILES string of the molecule is Cc1ccc(N=Nn2ccc3ccccc32)cc1. The summed E-state index contributed by atoms with van der Waals surface area (Å²) in [4.78, 5) is 0. The van der Waals surface area contributed by atoms with Gasteiger partial charge in [0.25, 0.3) is 0 Å². The molecule has 3 nitrogen and oxygen atoms in total. The molecule has 0 aliphatic rings. The van der Waals surface area contributed by atoms with Gasteiger partial charge in [0.05, 0.1) is 11.2 Å². The van der Waals surface area contributed by atoms with E-state index >= 15 is 0 Å². The minimum absolute atomic E-state index is 0.860. The normalized spacial score (nSPS) is 11.4. The number of aryl methyl sites for hydroxylation is 1. The highest BCUT2D eigenvalue weighted by atomic mass is 15.5. The molecule has 1 heterocycles. The van der Waals surface area contributed by atoms with Crippen molar-refractivity contribution in [2.75, 3.05) is 0 Å². The van der Waals surface area contributed by atoms with Gasteiger partial charge >= 0.3 is 0 Å². The van der Waals surface area contributed by atoms with Crippen LogP contribution in [0.5, 0.6) is 0 Å². The summed E-state index contributed by atoms with van der Waals surface area (Å²) in [5, 5.41) is 9.63. The van der Waals surface area contributed by atoms with Crippen molar-refractivity contribution in [3.63, 3.8) is 0 Å². The molecule has 1 aromatic heterocycles. The number of para-hydroxylation sites is 1. The maximum Gasteiger partial charge on any atom is 0.0874 e. The Kier molecular flexibility index (Phi) is 2.65. The fraction of sp³-hybridized carbons (Fsp3) is 0.0667. The molecule has 0 aliphatic heterocycles. The zero-order valence-corrected chi connectivity index (χ0v) is 10.1. The van der Waals surface area contributed by atoms with Crippen LogP contribution in [0.1, 0.15) is 5.56 Å². The topological polar surface area (TPSA) is 29.6 Å². The highest BCUT2D eigenvalue weighted by Gasteiger charge is 1.97. The van der Waals surface area contributed by atoms with Crippen LogP contribution < -0.4 is 0 Å². The molecule has 0 spiro atoms. The van der Waals surface area contributed by atoms with E-state index in [2.05, 4.69) is 23.3 Å². The maximum atomic E-state index is 4.24. The van der Waals surface area contributed by atoms with Crippen molar-refractivity contribution in [3.05, 3.63) is 66.4 Å². The van der Waals surface area contributed by atoms with Gasteiger partial charge < -0.3 is 0 Å². The summed E-state index contributed by atoms with van der Waals surface area (Å²) in [6.07, 6.45) is 1.92. The van der Waals surface area contributed by atoms with Crippen LogP contribution in [0.3, 0.4) is 0 Å². The number of aromatic nitrogens is 1. The molecular formula is C15H13N3. The van der Waals surface area contributed by atoms with Crippen LogP contribution in [0.4, 0.5) is 5.69 Å². The van der Waals surface area contributed by atoms with Crippen molar-refractivity contribution in [3.8, 4) is 0 Å². The molecule has 0 N–H and O–H groups in total. The number of rotatable bonds is 2. The maximum absolute atomic E-state index is 4.24. The summed E-state index contributed by atoms with van der Waals surface area (Å²) in [5.74, 6) is 0. The van der Waals surface area contributed by atoms with Crippen molar-refractivity contribution >= 4 is 16.6 Å². The molecule has 0 saturated carbocycles. The summed E-state index contributed by atoms with van der Waals surface area (Å²) in [7, 11) is 0. The van der Waals surface area contributed by atoms with Crippen LogP contribution in [0.2, 0.25) is 0 Å². The number of hydrogen-bond acceptors (Lipinski definition) is 2. The lowest BCUT2D eigenvalue weighted by atomic mass is 10.2. The number of fused-ring (bicyclic) bond motifs is 1. The molecule has 0 fully saturated rings. The van der Waals surface area contributed by atoms with Gasteiger partial charge in [0.2, 0.25) is 0 Å². The lowest BCUT2D eigenvalue weighted by Crippen LogP contribution is -1.82. The van der Waals surface area contributed by atoms with E-state index in [4.69, 9.17) is 0 Å². The number of benzene rings is 2. The molecule has 0 unspecified atom stereocenters. The van der Waals surface area contributed by atoms with Crippen LogP contribution in [0.15, 0.2) is 71.1 Å². The minimum Gasteiger partial charge on any atom is -0.222 e. The van der Waals surface area contributed by atoms with Gasteiger partial charge in [0.15, 0.2) is 0 Å². The van der Waals surface area contributed by atoms with Crippen molar-refractivity contribution < 1.29 is 0 Å². The Bertz CT molecular complexity index is 693. The Morgan fingerprint density at radius 1 is 0.889 bits per heavy atom. The molecule has 18 heavy (non-hydrogen) atoms. The molecule has 0 radical (unpaired) electrons. The van der Waals surface area contributed by atoms with Crippen molar-refractivity contribution in [2.24, 2.45) is 10.3 Å².